The molecule has 0 aromatic heterocycles. The fraction of sp³-hybridized carbons (Fsp3) is 0.400. The molecule has 1 rings (SSSR count). The van der Waals surface area contributed by atoms with Crippen molar-refractivity contribution in [1.29, 1.82) is 0 Å². The van der Waals surface area contributed by atoms with Crippen LogP contribution in [0.2, 0.25) is 0 Å². The van der Waals surface area contributed by atoms with Gasteiger partial charge in [-0.2, -0.15) is 0 Å². The van der Waals surface area contributed by atoms with Gasteiger partial charge in [0.2, 0.25) is 0 Å². The van der Waals surface area contributed by atoms with Crippen LogP contribution in [0, 0.1) is 0 Å². The molecule has 0 aliphatic heterocycles. The van der Waals surface area contributed by atoms with Crippen LogP contribution in [0.4, 0.5) is 0 Å². The van der Waals surface area contributed by atoms with E-state index in [0.717, 1.165) is 4.47 Å². The van der Waals surface area contributed by atoms with Gasteiger partial charge in [-0.15, -0.1) is 6.58 Å². The minimum Gasteiger partial charge on any atom is -0.496 e. The zero-order chi connectivity index (χ0) is 14.6. The van der Waals surface area contributed by atoms with E-state index in [1.54, 1.807) is 36.3 Å². The number of methoxy groups -OCH3 is 1. The molecule has 0 N–H and O–H groups in total. The lowest BCUT2D eigenvalue weighted by Gasteiger charge is -2.35. The topological polar surface area (TPSA) is 29.5 Å². The number of rotatable bonds is 4. The van der Waals surface area contributed by atoms with Gasteiger partial charge >= 0.3 is 0 Å². The number of carbonyl (C=O) groups excluding carboxylic acids is 1. The molecule has 0 saturated heterocycles. The largest absolute Gasteiger partial charge is 0.496 e. The van der Waals surface area contributed by atoms with Gasteiger partial charge in [-0.25, -0.2) is 0 Å². The van der Waals surface area contributed by atoms with E-state index in [4.69, 9.17) is 4.74 Å². The van der Waals surface area contributed by atoms with Crippen LogP contribution in [0.5, 0.6) is 5.75 Å². The number of hydrogen-bond donors (Lipinski definition) is 0. The SMILES string of the molecule is C=CCN(C(=O)c1ccc(OC)c(Br)c1)C(C)(C)C. The first kappa shape index (κ1) is 15.8. The summed E-state index contributed by atoms with van der Waals surface area (Å²) in [5.41, 5.74) is 0.377. The van der Waals surface area contributed by atoms with Crippen molar-refractivity contribution in [3.8, 4) is 5.75 Å². The van der Waals surface area contributed by atoms with Gasteiger partial charge in [-0.3, -0.25) is 4.79 Å². The average Bonchev–Trinajstić information content (AvgIpc) is 2.33. The Hall–Kier alpha value is -1.29. The number of ether oxygens (including phenoxy) is 1. The molecule has 0 aliphatic rings. The molecule has 1 amide bonds. The lowest BCUT2D eigenvalue weighted by Crippen LogP contribution is -2.45. The minimum atomic E-state index is -0.252. The van der Waals surface area contributed by atoms with Gasteiger partial charge in [0.1, 0.15) is 5.75 Å². The number of benzene rings is 1. The summed E-state index contributed by atoms with van der Waals surface area (Å²) < 4.78 is 5.94. The highest BCUT2D eigenvalue weighted by Crippen LogP contribution is 2.27. The van der Waals surface area contributed by atoms with E-state index >= 15 is 0 Å². The highest BCUT2D eigenvalue weighted by molar-refractivity contribution is 9.10. The Morgan fingerprint density at radius 2 is 2.11 bits per heavy atom. The Morgan fingerprint density at radius 1 is 1.47 bits per heavy atom. The molecule has 1 aromatic rings. The molecular weight excluding hydrogens is 306 g/mol. The van der Waals surface area contributed by atoms with Crippen molar-refractivity contribution < 1.29 is 9.53 Å². The Kier molecular flexibility index (Phi) is 5.18. The van der Waals surface area contributed by atoms with Gasteiger partial charge in [-0.05, 0) is 54.9 Å². The Balaban J connectivity index is 3.10. The normalized spacial score (nSPS) is 11.0. The molecule has 0 aliphatic carbocycles. The standard InChI is InChI=1S/C15H20BrNO2/c1-6-9-17(15(2,3)4)14(18)11-7-8-13(19-5)12(16)10-11/h6-8,10H,1,9H2,2-5H3. The van der Waals surface area contributed by atoms with E-state index < -0.39 is 0 Å². The van der Waals surface area contributed by atoms with Crippen LogP contribution in [0.25, 0.3) is 0 Å². The maximum absolute atomic E-state index is 12.5. The predicted molar refractivity (Wildman–Crippen MR) is 81.7 cm³/mol. The molecule has 0 unspecified atom stereocenters. The zero-order valence-corrected chi connectivity index (χ0v) is 13.5. The van der Waals surface area contributed by atoms with Gasteiger partial charge in [-0.1, -0.05) is 6.08 Å². The van der Waals surface area contributed by atoms with Crippen molar-refractivity contribution in [2.45, 2.75) is 26.3 Å². The van der Waals surface area contributed by atoms with E-state index in [9.17, 15) is 4.79 Å². The molecule has 0 bridgehead atoms. The molecule has 1 aromatic carbocycles. The van der Waals surface area contributed by atoms with Gasteiger partial charge in [0, 0.05) is 17.6 Å². The Morgan fingerprint density at radius 3 is 2.53 bits per heavy atom. The van der Waals surface area contributed by atoms with Gasteiger partial charge in [0.05, 0.1) is 11.6 Å². The van der Waals surface area contributed by atoms with E-state index in [-0.39, 0.29) is 11.4 Å². The fourth-order valence-electron chi connectivity index (χ4n) is 1.75. The summed E-state index contributed by atoms with van der Waals surface area (Å²) >= 11 is 3.40. The van der Waals surface area contributed by atoms with Crippen molar-refractivity contribution in [3.05, 3.63) is 40.9 Å². The maximum Gasteiger partial charge on any atom is 0.254 e. The summed E-state index contributed by atoms with van der Waals surface area (Å²) in [7, 11) is 1.60. The van der Waals surface area contributed by atoms with E-state index in [1.165, 1.54) is 0 Å². The number of hydrogen-bond acceptors (Lipinski definition) is 2. The molecule has 3 nitrogen and oxygen atoms in total. The molecular formula is C15H20BrNO2. The van der Waals surface area contributed by atoms with Crippen molar-refractivity contribution in [2.75, 3.05) is 13.7 Å². The van der Waals surface area contributed by atoms with E-state index in [2.05, 4.69) is 22.5 Å². The second-order valence-corrected chi connectivity index (χ2v) is 6.08. The highest BCUT2D eigenvalue weighted by Gasteiger charge is 2.26. The van der Waals surface area contributed by atoms with Crippen molar-refractivity contribution >= 4 is 21.8 Å². The third kappa shape index (κ3) is 3.83. The first-order valence-electron chi connectivity index (χ1n) is 6.07. The zero-order valence-electron chi connectivity index (χ0n) is 11.9. The fourth-order valence-corrected chi connectivity index (χ4v) is 2.29. The summed E-state index contributed by atoms with van der Waals surface area (Å²) in [6.45, 7) is 10.3. The third-order valence-corrected chi connectivity index (χ3v) is 3.39. The molecule has 104 valence electrons. The molecule has 19 heavy (non-hydrogen) atoms. The number of carbonyl (C=O) groups is 1. The van der Waals surface area contributed by atoms with E-state index in [1.807, 2.05) is 20.8 Å². The second kappa shape index (κ2) is 6.24. The molecule has 0 radical (unpaired) electrons. The number of halogens is 1. The smallest absolute Gasteiger partial charge is 0.254 e. The van der Waals surface area contributed by atoms with Crippen molar-refractivity contribution in [1.82, 2.24) is 4.90 Å². The number of amides is 1. The van der Waals surface area contributed by atoms with Crippen LogP contribution in [0.15, 0.2) is 35.3 Å². The molecule has 0 heterocycles. The molecule has 0 atom stereocenters. The first-order chi connectivity index (χ1) is 8.81. The third-order valence-electron chi connectivity index (χ3n) is 2.77. The lowest BCUT2D eigenvalue weighted by atomic mass is 10.0. The summed E-state index contributed by atoms with van der Waals surface area (Å²) in [5, 5.41) is 0. The Labute approximate surface area is 123 Å². The molecule has 0 spiro atoms. The maximum atomic E-state index is 12.5. The van der Waals surface area contributed by atoms with Gasteiger partial charge in [0.15, 0.2) is 0 Å². The monoisotopic (exact) mass is 325 g/mol. The predicted octanol–water partition coefficient (Wildman–Crippen LogP) is 3.88. The van der Waals surface area contributed by atoms with Crippen LogP contribution in [-0.4, -0.2) is 30.0 Å². The summed E-state index contributed by atoms with van der Waals surface area (Å²) in [6, 6.07) is 5.34. The van der Waals surface area contributed by atoms with Crippen LogP contribution < -0.4 is 4.74 Å². The minimum absolute atomic E-state index is 0.0178. The second-order valence-electron chi connectivity index (χ2n) is 5.22. The number of nitrogens with zero attached hydrogens (tertiary/aromatic N) is 1. The lowest BCUT2D eigenvalue weighted by molar-refractivity contribution is 0.0616. The van der Waals surface area contributed by atoms with Crippen LogP contribution in [0.1, 0.15) is 31.1 Å². The van der Waals surface area contributed by atoms with Crippen molar-refractivity contribution in [2.24, 2.45) is 0 Å². The summed E-state index contributed by atoms with van der Waals surface area (Å²) in [5.74, 6) is 0.693. The van der Waals surface area contributed by atoms with Crippen molar-refractivity contribution in [3.63, 3.8) is 0 Å². The quantitative estimate of drug-likeness (QED) is 0.786. The molecule has 0 saturated carbocycles. The molecule has 0 fully saturated rings. The Bertz CT molecular complexity index is 478. The average molecular weight is 326 g/mol. The van der Waals surface area contributed by atoms with Crippen LogP contribution in [-0.2, 0) is 0 Å². The first-order valence-corrected chi connectivity index (χ1v) is 6.87. The summed E-state index contributed by atoms with van der Waals surface area (Å²) in [6.07, 6.45) is 1.74. The van der Waals surface area contributed by atoms with Crippen LogP contribution >= 0.6 is 15.9 Å². The molecule has 4 heteroatoms. The van der Waals surface area contributed by atoms with Gasteiger partial charge in [0.25, 0.3) is 5.91 Å². The summed E-state index contributed by atoms with van der Waals surface area (Å²) in [4.78, 5) is 14.3. The van der Waals surface area contributed by atoms with Gasteiger partial charge < -0.3 is 9.64 Å². The van der Waals surface area contributed by atoms with Crippen LogP contribution in [0.3, 0.4) is 0 Å². The highest BCUT2D eigenvalue weighted by atomic mass is 79.9. The van der Waals surface area contributed by atoms with E-state index in [0.29, 0.717) is 17.9 Å².